The first kappa shape index (κ1) is 21.1. The summed E-state index contributed by atoms with van der Waals surface area (Å²) < 4.78 is 40.6. The molecule has 2 rings (SSSR count). The van der Waals surface area contributed by atoms with E-state index in [-0.39, 0.29) is 5.75 Å². The van der Waals surface area contributed by atoms with Crippen LogP contribution in [0.25, 0.3) is 11.0 Å². The average molecular weight is 402 g/mol. The Morgan fingerprint density at radius 3 is 2.59 bits per heavy atom. The maximum Gasteiger partial charge on any atom is 0.416 e. The second kappa shape index (κ2) is 9.12. The van der Waals surface area contributed by atoms with E-state index in [9.17, 15) is 22.8 Å². The van der Waals surface area contributed by atoms with Gasteiger partial charge in [0, 0.05) is 13.1 Å². The highest BCUT2D eigenvalue weighted by Crippen LogP contribution is 2.33. The van der Waals surface area contributed by atoms with Crippen LogP contribution in [0.3, 0.4) is 0 Å². The fourth-order valence-electron chi connectivity index (χ4n) is 2.40. The molecule has 0 aliphatic heterocycles. The molecule has 0 aliphatic rings. The second-order valence-electron chi connectivity index (χ2n) is 5.84. The molecule has 0 atom stereocenters. The van der Waals surface area contributed by atoms with Crippen LogP contribution in [0, 0.1) is 0 Å². The van der Waals surface area contributed by atoms with Crippen LogP contribution in [0.2, 0.25) is 0 Å². The predicted octanol–water partition coefficient (Wildman–Crippen LogP) is 3.79. The van der Waals surface area contributed by atoms with Crippen molar-refractivity contribution in [1.82, 2.24) is 20.2 Å². The largest absolute Gasteiger partial charge is 0.416 e. The molecule has 6 nitrogen and oxygen atoms in total. The Kier molecular flexibility index (Phi) is 7.11. The number of carbonyl (C=O) groups excluding carboxylic acids is 2. The van der Waals surface area contributed by atoms with Crippen LogP contribution in [-0.2, 0) is 17.5 Å². The van der Waals surface area contributed by atoms with E-state index in [0.29, 0.717) is 35.7 Å². The Bertz CT molecular complexity index is 820. The highest BCUT2D eigenvalue weighted by atomic mass is 32.2. The molecule has 10 heteroatoms. The summed E-state index contributed by atoms with van der Waals surface area (Å²) in [7, 11) is 0. The number of carbonyl (C=O) groups is 2. The van der Waals surface area contributed by atoms with E-state index in [4.69, 9.17) is 0 Å². The van der Waals surface area contributed by atoms with Crippen LogP contribution in [0.5, 0.6) is 0 Å². The maximum absolute atomic E-state index is 13.0. The predicted molar refractivity (Wildman–Crippen MR) is 97.6 cm³/mol. The number of hydrogen-bond donors (Lipinski definition) is 2. The Balaban J connectivity index is 2.16. The number of thioether (sulfide) groups is 1. The molecule has 1 aromatic heterocycles. The number of nitrogens with zero attached hydrogens (tertiary/aromatic N) is 2. The molecule has 2 N–H and O–H groups in total. The van der Waals surface area contributed by atoms with Gasteiger partial charge in [0.15, 0.2) is 5.16 Å². The summed E-state index contributed by atoms with van der Waals surface area (Å²) in [4.78, 5) is 27.7. The topological polar surface area (TPSA) is 76.0 Å². The summed E-state index contributed by atoms with van der Waals surface area (Å²) >= 11 is 1.08. The Morgan fingerprint density at radius 2 is 1.96 bits per heavy atom. The molecule has 1 heterocycles. The number of fused-ring (bicyclic) bond motifs is 1. The number of hydrogen-bond acceptors (Lipinski definition) is 4. The van der Waals surface area contributed by atoms with Gasteiger partial charge >= 0.3 is 12.2 Å². The van der Waals surface area contributed by atoms with Crippen LogP contribution < -0.4 is 10.6 Å². The number of halogens is 3. The van der Waals surface area contributed by atoms with Crippen molar-refractivity contribution >= 4 is 34.7 Å². The molecule has 0 spiro atoms. The lowest BCUT2D eigenvalue weighted by Crippen LogP contribution is -2.40. The summed E-state index contributed by atoms with van der Waals surface area (Å²) in [5.74, 6) is -0.571. The van der Waals surface area contributed by atoms with Gasteiger partial charge in [-0.2, -0.15) is 13.2 Å². The van der Waals surface area contributed by atoms with Crippen molar-refractivity contribution in [1.29, 1.82) is 0 Å². The van der Waals surface area contributed by atoms with Crippen LogP contribution in [0.1, 0.15) is 32.3 Å². The number of amides is 3. The quantitative estimate of drug-likeness (QED) is 0.691. The fraction of sp³-hybridized carbons (Fsp3) is 0.471. The molecule has 0 bridgehead atoms. The van der Waals surface area contributed by atoms with E-state index in [1.807, 2.05) is 13.8 Å². The first-order chi connectivity index (χ1) is 12.8. The van der Waals surface area contributed by atoms with Gasteiger partial charge in [0.25, 0.3) is 0 Å². The lowest BCUT2D eigenvalue weighted by atomic mass is 10.2. The lowest BCUT2D eigenvalue weighted by molar-refractivity contribution is -0.137. The minimum absolute atomic E-state index is 0.0707. The van der Waals surface area contributed by atoms with E-state index in [0.717, 1.165) is 30.3 Å². The number of aromatic nitrogens is 2. The van der Waals surface area contributed by atoms with Crippen molar-refractivity contribution in [2.75, 3.05) is 12.3 Å². The molecular weight excluding hydrogens is 381 g/mol. The van der Waals surface area contributed by atoms with Crippen LogP contribution in [0.4, 0.5) is 18.0 Å². The van der Waals surface area contributed by atoms with E-state index < -0.39 is 23.7 Å². The number of imidazole rings is 1. The van der Waals surface area contributed by atoms with Gasteiger partial charge in [-0.15, -0.1) is 0 Å². The van der Waals surface area contributed by atoms with E-state index in [1.54, 1.807) is 4.57 Å². The minimum Gasteiger partial charge on any atom is -0.338 e. The zero-order chi connectivity index (χ0) is 20.0. The third-order valence-electron chi connectivity index (χ3n) is 3.61. The van der Waals surface area contributed by atoms with Crippen molar-refractivity contribution in [3.63, 3.8) is 0 Å². The number of imide groups is 1. The van der Waals surface area contributed by atoms with Gasteiger partial charge in [0.1, 0.15) is 0 Å². The highest BCUT2D eigenvalue weighted by molar-refractivity contribution is 7.99. The Hall–Kier alpha value is -2.23. The van der Waals surface area contributed by atoms with Crippen LogP contribution >= 0.6 is 11.8 Å². The summed E-state index contributed by atoms with van der Waals surface area (Å²) in [5, 5.41) is 5.17. The maximum atomic E-state index is 13.0. The van der Waals surface area contributed by atoms with Gasteiger partial charge in [0.2, 0.25) is 5.91 Å². The van der Waals surface area contributed by atoms with Crippen molar-refractivity contribution < 1.29 is 22.8 Å². The number of benzene rings is 1. The fourth-order valence-corrected chi connectivity index (χ4v) is 3.24. The Labute approximate surface area is 158 Å². The average Bonchev–Trinajstić information content (AvgIpc) is 2.95. The van der Waals surface area contributed by atoms with E-state index in [2.05, 4.69) is 15.6 Å². The number of nitrogens with one attached hydrogen (secondary N) is 2. The number of aryl methyl sites for hydroxylation is 1. The molecule has 1 aromatic carbocycles. The SMILES string of the molecule is CCCNC(=O)NC(=O)CSc1nc2ccc(C(F)(F)F)cc2n1CCC. The van der Waals surface area contributed by atoms with Crippen molar-refractivity contribution in [2.45, 2.75) is 44.6 Å². The molecule has 0 fully saturated rings. The van der Waals surface area contributed by atoms with Crippen LogP contribution in [-0.4, -0.2) is 33.8 Å². The Morgan fingerprint density at radius 1 is 1.22 bits per heavy atom. The van der Waals surface area contributed by atoms with E-state index in [1.165, 1.54) is 6.07 Å². The normalized spacial score (nSPS) is 11.6. The molecule has 148 valence electrons. The third-order valence-corrected chi connectivity index (χ3v) is 4.59. The first-order valence-corrected chi connectivity index (χ1v) is 9.52. The van der Waals surface area contributed by atoms with Crippen molar-refractivity contribution in [3.05, 3.63) is 23.8 Å². The molecule has 3 amide bonds. The van der Waals surface area contributed by atoms with Crippen molar-refractivity contribution in [2.24, 2.45) is 0 Å². The van der Waals surface area contributed by atoms with E-state index >= 15 is 0 Å². The third kappa shape index (κ3) is 5.62. The van der Waals surface area contributed by atoms with Gasteiger partial charge in [-0.05, 0) is 31.0 Å². The molecule has 0 saturated heterocycles. The first-order valence-electron chi connectivity index (χ1n) is 8.54. The summed E-state index contributed by atoms with van der Waals surface area (Å²) in [5.41, 5.74) is 0.0597. The number of urea groups is 1. The van der Waals surface area contributed by atoms with Gasteiger partial charge in [-0.3, -0.25) is 10.1 Å². The zero-order valence-corrected chi connectivity index (χ0v) is 15.8. The molecule has 0 saturated carbocycles. The minimum atomic E-state index is -4.44. The standard InChI is InChI=1S/C17H21F3N4O2S/c1-3-7-21-15(26)23-14(25)10-27-16-22-12-6-5-11(17(18,19)20)9-13(12)24(16)8-4-2/h5-6,9H,3-4,7-8,10H2,1-2H3,(H2,21,23,25,26). The van der Waals surface area contributed by atoms with Gasteiger partial charge in [0.05, 0.1) is 22.3 Å². The molecular formula is C17H21F3N4O2S. The monoisotopic (exact) mass is 402 g/mol. The molecule has 2 aromatic rings. The van der Waals surface area contributed by atoms with Crippen LogP contribution in [0.15, 0.2) is 23.4 Å². The highest BCUT2D eigenvalue weighted by Gasteiger charge is 2.31. The van der Waals surface area contributed by atoms with Gasteiger partial charge < -0.3 is 9.88 Å². The van der Waals surface area contributed by atoms with Gasteiger partial charge in [-0.25, -0.2) is 9.78 Å². The summed E-state index contributed by atoms with van der Waals surface area (Å²) in [6.07, 6.45) is -2.99. The molecule has 0 aliphatic carbocycles. The molecule has 0 unspecified atom stereocenters. The van der Waals surface area contributed by atoms with Crippen molar-refractivity contribution in [3.8, 4) is 0 Å². The van der Waals surface area contributed by atoms with Gasteiger partial charge in [-0.1, -0.05) is 25.6 Å². The number of rotatable bonds is 7. The molecule has 0 radical (unpaired) electrons. The lowest BCUT2D eigenvalue weighted by Gasteiger charge is -2.09. The second-order valence-corrected chi connectivity index (χ2v) is 6.78. The smallest absolute Gasteiger partial charge is 0.338 e. The molecule has 27 heavy (non-hydrogen) atoms. The number of alkyl halides is 3. The summed E-state index contributed by atoms with van der Waals surface area (Å²) in [6.45, 7) is 4.72. The zero-order valence-electron chi connectivity index (χ0n) is 15.0. The summed E-state index contributed by atoms with van der Waals surface area (Å²) in [6, 6.07) is 2.82.